The van der Waals surface area contributed by atoms with Crippen LogP contribution in [0.15, 0.2) is 18.3 Å². The highest BCUT2D eigenvalue weighted by molar-refractivity contribution is 5.35. The van der Waals surface area contributed by atoms with Crippen molar-refractivity contribution in [3.05, 3.63) is 35.5 Å². The van der Waals surface area contributed by atoms with Gasteiger partial charge in [-0.3, -0.25) is 0 Å². The van der Waals surface area contributed by atoms with Gasteiger partial charge in [0.25, 0.3) is 0 Å². The molecule has 0 aromatic carbocycles. The molecular weight excluding hydrogens is 202 g/mol. The van der Waals surface area contributed by atoms with Crippen LogP contribution < -0.4 is 5.73 Å². The molecule has 1 atom stereocenters. The lowest BCUT2D eigenvalue weighted by Gasteiger charge is -2.11. The van der Waals surface area contributed by atoms with Crippen LogP contribution in [0.5, 0.6) is 0 Å². The summed E-state index contributed by atoms with van der Waals surface area (Å²) in [6.07, 6.45) is 1.73. The van der Waals surface area contributed by atoms with Gasteiger partial charge in [0.05, 0.1) is 0 Å². The Balaban J connectivity index is 2.59. The van der Waals surface area contributed by atoms with Crippen LogP contribution in [0.25, 0.3) is 5.82 Å². The highest BCUT2D eigenvalue weighted by atomic mass is 15.4. The zero-order valence-electron chi connectivity index (χ0n) is 9.68. The second-order valence-corrected chi connectivity index (χ2v) is 3.82. The van der Waals surface area contributed by atoms with E-state index in [0.717, 1.165) is 23.0 Å². The molecule has 2 rings (SSSR count). The first kappa shape index (κ1) is 10.8. The van der Waals surface area contributed by atoms with Gasteiger partial charge < -0.3 is 5.73 Å². The Labute approximate surface area is 94.3 Å². The van der Waals surface area contributed by atoms with Gasteiger partial charge in [-0.25, -0.2) is 9.97 Å². The predicted molar refractivity (Wildman–Crippen MR) is 61.2 cm³/mol. The van der Waals surface area contributed by atoms with E-state index in [1.54, 1.807) is 10.9 Å². The molecule has 2 aromatic rings. The number of aryl methyl sites for hydroxylation is 2. The van der Waals surface area contributed by atoms with Crippen LogP contribution in [0.2, 0.25) is 0 Å². The maximum atomic E-state index is 5.91. The summed E-state index contributed by atoms with van der Waals surface area (Å²) >= 11 is 0. The number of hydrogen-bond acceptors (Lipinski definition) is 4. The van der Waals surface area contributed by atoms with Gasteiger partial charge in [-0.15, -0.1) is 5.10 Å². The van der Waals surface area contributed by atoms with Crippen molar-refractivity contribution in [1.82, 2.24) is 19.7 Å². The second-order valence-electron chi connectivity index (χ2n) is 3.82. The maximum absolute atomic E-state index is 5.91. The van der Waals surface area contributed by atoms with Crippen LogP contribution in [0.3, 0.4) is 0 Å². The number of hydrogen-bond donors (Lipinski definition) is 1. The Morgan fingerprint density at radius 3 is 2.69 bits per heavy atom. The molecule has 0 fully saturated rings. The third kappa shape index (κ3) is 1.81. The summed E-state index contributed by atoms with van der Waals surface area (Å²) in [5, 5.41) is 4.31. The van der Waals surface area contributed by atoms with Gasteiger partial charge in [0.2, 0.25) is 0 Å². The van der Waals surface area contributed by atoms with E-state index < -0.39 is 0 Å². The fourth-order valence-corrected chi connectivity index (χ4v) is 1.66. The minimum absolute atomic E-state index is 0.0763. The molecule has 0 radical (unpaired) electrons. The molecule has 0 saturated carbocycles. The maximum Gasteiger partial charge on any atom is 0.160 e. The Morgan fingerprint density at radius 2 is 2.12 bits per heavy atom. The Morgan fingerprint density at radius 1 is 1.38 bits per heavy atom. The Hall–Kier alpha value is -1.75. The number of pyridine rings is 1. The molecule has 2 heterocycles. The largest absolute Gasteiger partial charge is 0.324 e. The van der Waals surface area contributed by atoms with Gasteiger partial charge in [0.15, 0.2) is 5.82 Å². The summed E-state index contributed by atoms with van der Waals surface area (Å²) in [5.41, 5.74) is 6.88. The fourth-order valence-electron chi connectivity index (χ4n) is 1.66. The van der Waals surface area contributed by atoms with Crippen LogP contribution in [0, 0.1) is 13.8 Å². The summed E-state index contributed by atoms with van der Waals surface area (Å²) in [6, 6.07) is 3.76. The van der Waals surface area contributed by atoms with E-state index in [-0.39, 0.29) is 6.04 Å². The molecule has 0 spiro atoms. The van der Waals surface area contributed by atoms with Crippen molar-refractivity contribution in [2.45, 2.75) is 26.8 Å². The third-order valence-electron chi connectivity index (χ3n) is 2.38. The van der Waals surface area contributed by atoms with Gasteiger partial charge in [0.1, 0.15) is 11.6 Å². The Kier molecular flexibility index (Phi) is 2.70. The number of rotatable bonds is 2. The van der Waals surface area contributed by atoms with Gasteiger partial charge >= 0.3 is 0 Å². The van der Waals surface area contributed by atoms with Gasteiger partial charge in [-0.1, -0.05) is 6.07 Å². The molecule has 0 unspecified atom stereocenters. The molecular formula is C11H15N5. The normalized spacial score (nSPS) is 12.8. The molecule has 84 valence electrons. The summed E-state index contributed by atoms with van der Waals surface area (Å²) in [7, 11) is 0. The monoisotopic (exact) mass is 217 g/mol. The van der Waals surface area contributed by atoms with E-state index >= 15 is 0 Å². The molecule has 0 bridgehead atoms. The summed E-state index contributed by atoms with van der Waals surface area (Å²) in [6.45, 7) is 5.69. The molecule has 5 nitrogen and oxygen atoms in total. The molecule has 0 saturated heterocycles. The lowest BCUT2D eigenvalue weighted by molar-refractivity contribution is 0.744. The van der Waals surface area contributed by atoms with Crippen molar-refractivity contribution in [3.63, 3.8) is 0 Å². The van der Waals surface area contributed by atoms with E-state index in [2.05, 4.69) is 15.1 Å². The van der Waals surface area contributed by atoms with E-state index in [9.17, 15) is 0 Å². The summed E-state index contributed by atoms with van der Waals surface area (Å²) in [5.74, 6) is 2.31. The van der Waals surface area contributed by atoms with E-state index in [0.29, 0.717) is 0 Å². The quantitative estimate of drug-likeness (QED) is 0.823. The van der Waals surface area contributed by atoms with Crippen LogP contribution in [-0.2, 0) is 0 Å². The number of nitrogens with zero attached hydrogens (tertiary/aromatic N) is 4. The molecule has 2 N–H and O–H groups in total. The van der Waals surface area contributed by atoms with Crippen LogP contribution >= 0.6 is 0 Å². The highest BCUT2D eigenvalue weighted by Gasteiger charge is 2.13. The van der Waals surface area contributed by atoms with E-state index in [4.69, 9.17) is 5.73 Å². The average molecular weight is 217 g/mol. The van der Waals surface area contributed by atoms with Crippen molar-refractivity contribution >= 4 is 0 Å². The topological polar surface area (TPSA) is 69.6 Å². The van der Waals surface area contributed by atoms with Gasteiger partial charge in [-0.05, 0) is 26.8 Å². The summed E-state index contributed by atoms with van der Waals surface area (Å²) < 4.78 is 1.73. The van der Waals surface area contributed by atoms with Crippen LogP contribution in [0.1, 0.15) is 30.2 Å². The van der Waals surface area contributed by atoms with Gasteiger partial charge in [0, 0.05) is 17.8 Å². The number of aromatic nitrogens is 4. The standard InChI is InChI=1S/C11H15N5/c1-7(12)10-5-4-6-13-11(10)16-9(3)14-8(2)15-16/h4-7H,12H2,1-3H3/t7-/m1/s1. The SMILES string of the molecule is Cc1nc(C)n(-c2ncccc2[C@@H](C)N)n1. The molecule has 16 heavy (non-hydrogen) atoms. The molecule has 0 amide bonds. The van der Waals surface area contributed by atoms with Crippen molar-refractivity contribution in [1.29, 1.82) is 0 Å². The minimum Gasteiger partial charge on any atom is -0.324 e. The van der Waals surface area contributed by atoms with Crippen molar-refractivity contribution in [3.8, 4) is 5.82 Å². The fraction of sp³-hybridized carbons (Fsp3) is 0.364. The zero-order valence-corrected chi connectivity index (χ0v) is 9.68. The molecule has 5 heteroatoms. The van der Waals surface area contributed by atoms with Crippen molar-refractivity contribution in [2.75, 3.05) is 0 Å². The van der Waals surface area contributed by atoms with E-state index in [1.807, 2.05) is 32.9 Å². The minimum atomic E-state index is -0.0763. The lowest BCUT2D eigenvalue weighted by atomic mass is 10.1. The van der Waals surface area contributed by atoms with Crippen LogP contribution in [0.4, 0.5) is 0 Å². The smallest absolute Gasteiger partial charge is 0.160 e. The molecule has 2 aromatic heterocycles. The highest BCUT2D eigenvalue weighted by Crippen LogP contribution is 2.17. The second kappa shape index (κ2) is 4.02. The molecule has 0 aliphatic heterocycles. The predicted octanol–water partition coefficient (Wildman–Crippen LogP) is 1.30. The average Bonchev–Trinajstić information content (AvgIpc) is 2.57. The molecule has 0 aliphatic carbocycles. The lowest BCUT2D eigenvalue weighted by Crippen LogP contribution is -2.12. The molecule has 0 aliphatic rings. The first-order valence-corrected chi connectivity index (χ1v) is 5.20. The first-order chi connectivity index (χ1) is 7.59. The first-order valence-electron chi connectivity index (χ1n) is 5.20. The van der Waals surface area contributed by atoms with Crippen molar-refractivity contribution in [2.24, 2.45) is 5.73 Å². The third-order valence-corrected chi connectivity index (χ3v) is 2.38. The van der Waals surface area contributed by atoms with E-state index in [1.165, 1.54) is 0 Å². The Bertz CT molecular complexity index is 501. The van der Waals surface area contributed by atoms with Crippen molar-refractivity contribution < 1.29 is 0 Å². The number of nitrogens with two attached hydrogens (primary N) is 1. The van der Waals surface area contributed by atoms with Crippen LogP contribution in [-0.4, -0.2) is 19.7 Å². The zero-order chi connectivity index (χ0) is 11.7. The summed E-state index contributed by atoms with van der Waals surface area (Å²) in [4.78, 5) is 8.58. The van der Waals surface area contributed by atoms with Gasteiger partial charge in [-0.2, -0.15) is 4.68 Å².